The van der Waals surface area contributed by atoms with E-state index in [9.17, 15) is 27.9 Å². The Hall–Kier alpha value is -2.96. The monoisotopic (exact) mass is 445 g/mol. The highest BCUT2D eigenvalue weighted by atomic mass is 35.5. The van der Waals surface area contributed by atoms with Crippen molar-refractivity contribution in [3.63, 3.8) is 0 Å². The lowest BCUT2D eigenvalue weighted by Crippen LogP contribution is -2.48. The number of phenolic OH excluding ortho intramolecular Hbond substituents is 1. The zero-order valence-corrected chi connectivity index (χ0v) is 15.9. The normalized spacial score (nSPS) is 11.4. The molecule has 0 bridgehead atoms. The summed E-state index contributed by atoms with van der Waals surface area (Å²) in [5, 5.41) is 22.4. The summed E-state index contributed by atoms with van der Waals surface area (Å²) in [6.07, 6.45) is -0.214. The second kappa shape index (κ2) is 9.49. The number of rotatable bonds is 6. The molecule has 29 heavy (non-hydrogen) atoms. The molecule has 0 aliphatic carbocycles. The Labute approximate surface area is 172 Å². The van der Waals surface area contributed by atoms with E-state index >= 15 is 0 Å². The van der Waals surface area contributed by atoms with Crippen LogP contribution in [0.2, 0.25) is 10.0 Å². The molecule has 11 heteroatoms. The molecule has 0 spiro atoms. The molecule has 0 aromatic heterocycles. The number of carbonyl (C=O) groups excluding carboxylic acids is 2. The Bertz CT molecular complexity index is 989. The zero-order valence-electron chi connectivity index (χ0n) is 14.4. The summed E-state index contributed by atoms with van der Waals surface area (Å²) in [4.78, 5) is 24.6. The van der Waals surface area contributed by atoms with Crippen LogP contribution in [0.5, 0.6) is 5.75 Å². The first kappa shape index (κ1) is 22.3. The number of benzene rings is 2. The third-order valence-corrected chi connectivity index (χ3v) is 4.31. The highest BCUT2D eigenvalue weighted by Crippen LogP contribution is 2.33. The molecule has 0 saturated carbocycles. The Kier molecular flexibility index (Phi) is 7.31. The van der Waals surface area contributed by atoms with Gasteiger partial charge in [0.15, 0.2) is 17.4 Å². The first-order valence-corrected chi connectivity index (χ1v) is 8.66. The van der Waals surface area contributed by atoms with Gasteiger partial charge in [0.25, 0.3) is 5.91 Å². The second-order valence-corrected chi connectivity index (χ2v) is 6.57. The van der Waals surface area contributed by atoms with Gasteiger partial charge < -0.3 is 15.7 Å². The first-order chi connectivity index (χ1) is 13.6. The van der Waals surface area contributed by atoms with Crippen LogP contribution in [0, 0.1) is 28.8 Å². The molecule has 0 heterocycles. The Balaban J connectivity index is 2.31. The summed E-state index contributed by atoms with van der Waals surface area (Å²) in [7, 11) is 0. The predicted molar refractivity (Wildman–Crippen MR) is 98.0 cm³/mol. The highest BCUT2D eigenvalue weighted by Gasteiger charge is 2.25. The molecule has 2 aromatic rings. The van der Waals surface area contributed by atoms with Gasteiger partial charge in [0, 0.05) is 12.5 Å². The average molecular weight is 446 g/mol. The van der Waals surface area contributed by atoms with Crippen molar-refractivity contribution in [2.24, 2.45) is 0 Å². The molecule has 0 aliphatic heterocycles. The van der Waals surface area contributed by atoms with Crippen LogP contribution in [0.25, 0.3) is 0 Å². The molecule has 0 radical (unpaired) electrons. The van der Waals surface area contributed by atoms with Gasteiger partial charge in [-0.2, -0.15) is 5.26 Å². The van der Waals surface area contributed by atoms with Crippen molar-refractivity contribution in [1.29, 1.82) is 5.26 Å². The molecule has 2 aromatic carbocycles. The Morgan fingerprint density at radius 3 is 2.24 bits per heavy atom. The van der Waals surface area contributed by atoms with Crippen molar-refractivity contribution >= 4 is 35.0 Å². The lowest BCUT2D eigenvalue weighted by Gasteiger charge is -2.19. The van der Waals surface area contributed by atoms with Crippen LogP contribution >= 0.6 is 23.2 Å². The van der Waals surface area contributed by atoms with Gasteiger partial charge in [-0.3, -0.25) is 9.59 Å². The molecule has 2 amide bonds. The number of hydrogen-bond acceptors (Lipinski definition) is 4. The van der Waals surface area contributed by atoms with Crippen molar-refractivity contribution in [2.75, 3.05) is 6.54 Å². The van der Waals surface area contributed by atoms with E-state index in [2.05, 4.69) is 10.6 Å². The Morgan fingerprint density at radius 2 is 1.66 bits per heavy atom. The van der Waals surface area contributed by atoms with Gasteiger partial charge in [0.05, 0.1) is 21.7 Å². The molecular weight excluding hydrogens is 434 g/mol. The maximum atomic E-state index is 13.8. The van der Waals surface area contributed by atoms with E-state index in [1.54, 1.807) is 6.07 Å². The number of hydrogen-bond donors (Lipinski definition) is 3. The van der Waals surface area contributed by atoms with Crippen LogP contribution in [-0.4, -0.2) is 29.5 Å². The minimum atomic E-state index is -1.48. The van der Waals surface area contributed by atoms with Crippen molar-refractivity contribution in [1.82, 2.24) is 10.6 Å². The summed E-state index contributed by atoms with van der Waals surface area (Å²) in [5.74, 6) is -6.61. The second-order valence-electron chi connectivity index (χ2n) is 5.76. The molecule has 152 valence electrons. The molecule has 6 nitrogen and oxygen atoms in total. The SMILES string of the molecule is N#CCNC(=O)[C@H](Cc1cc(Cl)c(O)c(Cl)c1)NC(=O)c1cc(F)c(F)cc1F. The van der Waals surface area contributed by atoms with E-state index in [1.807, 2.05) is 0 Å². The lowest BCUT2D eigenvalue weighted by molar-refractivity contribution is -0.122. The van der Waals surface area contributed by atoms with Crippen molar-refractivity contribution in [2.45, 2.75) is 12.5 Å². The molecule has 2 rings (SSSR count). The van der Waals surface area contributed by atoms with Gasteiger partial charge in [-0.1, -0.05) is 23.2 Å². The molecular formula is C18H12Cl2F3N3O3. The third kappa shape index (κ3) is 5.53. The highest BCUT2D eigenvalue weighted by molar-refractivity contribution is 6.37. The smallest absolute Gasteiger partial charge is 0.255 e. The zero-order chi connectivity index (χ0) is 21.7. The van der Waals surface area contributed by atoms with Gasteiger partial charge in [-0.25, -0.2) is 13.2 Å². The maximum Gasteiger partial charge on any atom is 0.255 e. The fourth-order valence-corrected chi connectivity index (χ4v) is 2.90. The van der Waals surface area contributed by atoms with Crippen LogP contribution in [0.4, 0.5) is 13.2 Å². The van der Waals surface area contributed by atoms with Gasteiger partial charge >= 0.3 is 0 Å². The largest absolute Gasteiger partial charge is 0.505 e. The number of nitrogens with zero attached hydrogens (tertiary/aromatic N) is 1. The summed E-state index contributed by atoms with van der Waals surface area (Å²) >= 11 is 11.7. The first-order valence-electron chi connectivity index (χ1n) is 7.91. The molecule has 0 saturated heterocycles. The van der Waals surface area contributed by atoms with E-state index in [0.29, 0.717) is 11.6 Å². The lowest BCUT2D eigenvalue weighted by atomic mass is 10.0. The fraction of sp³-hybridized carbons (Fsp3) is 0.167. The molecule has 0 fully saturated rings. The number of nitriles is 1. The van der Waals surface area contributed by atoms with Crippen molar-refractivity contribution in [3.8, 4) is 11.8 Å². The predicted octanol–water partition coefficient (Wildman–Crippen LogP) is 3.10. The van der Waals surface area contributed by atoms with Gasteiger partial charge in [-0.15, -0.1) is 0 Å². The Morgan fingerprint density at radius 1 is 1.07 bits per heavy atom. The summed E-state index contributed by atoms with van der Waals surface area (Å²) in [6, 6.07) is 3.47. The third-order valence-electron chi connectivity index (χ3n) is 3.73. The minimum Gasteiger partial charge on any atom is -0.505 e. The van der Waals surface area contributed by atoms with E-state index in [0.717, 1.165) is 0 Å². The number of aromatic hydroxyl groups is 1. The van der Waals surface area contributed by atoms with Crippen molar-refractivity contribution in [3.05, 3.63) is 62.9 Å². The topological polar surface area (TPSA) is 102 Å². The molecule has 0 aliphatic rings. The van der Waals surface area contributed by atoms with E-state index < -0.39 is 40.9 Å². The minimum absolute atomic E-state index is 0.110. The van der Waals surface area contributed by atoms with Gasteiger partial charge in [-0.05, 0) is 23.8 Å². The van der Waals surface area contributed by atoms with E-state index in [4.69, 9.17) is 28.5 Å². The van der Waals surface area contributed by atoms with Gasteiger partial charge in [0.1, 0.15) is 18.4 Å². The van der Waals surface area contributed by atoms with E-state index in [1.165, 1.54) is 12.1 Å². The summed E-state index contributed by atoms with van der Waals surface area (Å²) in [6.45, 7) is -0.373. The number of halogens is 5. The van der Waals surface area contributed by atoms with Crippen LogP contribution in [-0.2, 0) is 11.2 Å². The number of carbonyl (C=O) groups is 2. The van der Waals surface area contributed by atoms with Gasteiger partial charge in [0.2, 0.25) is 5.91 Å². The fourth-order valence-electron chi connectivity index (χ4n) is 2.36. The maximum absolute atomic E-state index is 13.8. The van der Waals surface area contributed by atoms with Crippen LogP contribution in [0.3, 0.4) is 0 Å². The van der Waals surface area contributed by atoms with Crippen LogP contribution < -0.4 is 10.6 Å². The molecule has 0 unspecified atom stereocenters. The molecule has 3 N–H and O–H groups in total. The average Bonchev–Trinajstić information content (AvgIpc) is 2.66. The van der Waals surface area contributed by atoms with Crippen LogP contribution in [0.1, 0.15) is 15.9 Å². The van der Waals surface area contributed by atoms with Crippen LogP contribution in [0.15, 0.2) is 24.3 Å². The number of phenols is 1. The summed E-state index contributed by atoms with van der Waals surface area (Å²) in [5.41, 5.74) is -0.496. The quantitative estimate of drug-likeness (QED) is 0.469. The standard InChI is InChI=1S/C18H12Cl2F3N3O3/c19-10-3-8(4-11(20)16(10)27)5-15(18(29)25-2-1-24)26-17(28)9-6-13(22)14(23)7-12(9)21/h3-4,6-7,15,27H,2,5H2,(H,25,29)(H,26,28)/t15-/m0/s1. The summed E-state index contributed by atoms with van der Waals surface area (Å²) < 4.78 is 40.3. The number of amides is 2. The number of nitrogens with one attached hydrogen (secondary N) is 2. The van der Waals surface area contributed by atoms with Crippen molar-refractivity contribution < 1.29 is 27.9 Å². The van der Waals surface area contributed by atoms with E-state index in [-0.39, 0.29) is 34.8 Å². The molecule has 1 atom stereocenters.